The molecule has 0 aromatic heterocycles. The molecule has 6 nitrogen and oxygen atoms in total. The minimum absolute atomic E-state index is 0.0188. The molecule has 0 bridgehead atoms. The average molecular weight is 418 g/mol. The minimum Gasteiger partial charge on any atom is -0.512 e. The number of rotatable bonds is 4. The number of allylic oxidation sites excluding steroid dienone is 1. The van der Waals surface area contributed by atoms with Crippen LogP contribution in [0.4, 0.5) is 0 Å². The summed E-state index contributed by atoms with van der Waals surface area (Å²) in [7, 11) is 0. The zero-order chi connectivity index (χ0) is 22.8. The van der Waals surface area contributed by atoms with Gasteiger partial charge < -0.3 is 9.84 Å². The lowest BCUT2D eigenvalue weighted by molar-refractivity contribution is -0.138. The van der Waals surface area contributed by atoms with Crippen LogP contribution < -0.4 is 0 Å². The van der Waals surface area contributed by atoms with Crippen molar-refractivity contribution in [2.45, 2.75) is 40.0 Å². The number of fused-ring (bicyclic) bond motifs is 1. The zero-order valence-electron chi connectivity index (χ0n) is 18.4. The number of hydrogen-bond acceptors (Lipinski definition) is 4. The molecule has 1 N–H and O–H groups in total. The molecule has 3 rings (SSSR count). The molecule has 0 unspecified atom stereocenters. The highest BCUT2D eigenvalue weighted by Crippen LogP contribution is 2.26. The van der Waals surface area contributed by atoms with Crippen molar-refractivity contribution < 1.29 is 19.4 Å². The third kappa shape index (κ3) is 4.63. The maximum Gasteiger partial charge on any atom is 0.343 e. The molecular weight excluding hydrogens is 392 g/mol. The third-order valence-corrected chi connectivity index (χ3v) is 4.92. The molecule has 0 saturated carbocycles. The maximum atomic E-state index is 12.8. The second-order valence-electron chi connectivity index (χ2n) is 8.25. The SMILES string of the molecule is CCOC(=O)/C(C1=NC(=NC(=O)c2ccc(C(C)(C)C)cc2)c2ccccc21)=C(/C)O. The fraction of sp³-hybridized carbons (Fsp3) is 0.280. The fourth-order valence-electron chi connectivity index (χ4n) is 3.28. The van der Waals surface area contributed by atoms with E-state index < -0.39 is 11.9 Å². The molecule has 0 aliphatic carbocycles. The van der Waals surface area contributed by atoms with Gasteiger partial charge in [-0.2, -0.15) is 4.99 Å². The number of ether oxygens (including phenoxy) is 1. The van der Waals surface area contributed by atoms with E-state index >= 15 is 0 Å². The van der Waals surface area contributed by atoms with Gasteiger partial charge in [0.1, 0.15) is 11.3 Å². The minimum atomic E-state index is -0.679. The van der Waals surface area contributed by atoms with Crippen LogP contribution in [0.5, 0.6) is 0 Å². The van der Waals surface area contributed by atoms with Crippen LogP contribution in [0.2, 0.25) is 0 Å². The quantitative estimate of drug-likeness (QED) is 0.440. The number of aliphatic hydroxyl groups is 1. The Morgan fingerprint density at radius 3 is 2.19 bits per heavy atom. The maximum absolute atomic E-state index is 12.8. The number of aliphatic hydroxyl groups excluding tert-OH is 1. The predicted molar refractivity (Wildman–Crippen MR) is 121 cm³/mol. The van der Waals surface area contributed by atoms with Crippen LogP contribution >= 0.6 is 0 Å². The van der Waals surface area contributed by atoms with Gasteiger partial charge in [0.05, 0.1) is 12.3 Å². The first-order valence-corrected chi connectivity index (χ1v) is 10.1. The van der Waals surface area contributed by atoms with E-state index in [4.69, 9.17) is 4.74 Å². The van der Waals surface area contributed by atoms with E-state index in [-0.39, 0.29) is 34.9 Å². The average Bonchev–Trinajstić information content (AvgIpc) is 3.05. The van der Waals surface area contributed by atoms with Gasteiger partial charge in [0, 0.05) is 16.7 Å². The van der Waals surface area contributed by atoms with Crippen molar-refractivity contribution >= 4 is 23.4 Å². The van der Waals surface area contributed by atoms with Gasteiger partial charge in [0.2, 0.25) is 0 Å². The number of hydrogen-bond donors (Lipinski definition) is 1. The molecule has 2 aromatic rings. The van der Waals surface area contributed by atoms with Gasteiger partial charge in [-0.1, -0.05) is 57.2 Å². The van der Waals surface area contributed by atoms with E-state index in [1.165, 1.54) is 6.92 Å². The van der Waals surface area contributed by atoms with Crippen molar-refractivity contribution in [3.8, 4) is 0 Å². The van der Waals surface area contributed by atoms with Crippen molar-refractivity contribution in [1.82, 2.24) is 0 Å². The first kappa shape index (κ1) is 22.2. The molecule has 0 fully saturated rings. The van der Waals surface area contributed by atoms with Gasteiger partial charge in [-0.25, -0.2) is 9.79 Å². The summed E-state index contributed by atoms with van der Waals surface area (Å²) in [6.07, 6.45) is 0. The fourth-order valence-corrected chi connectivity index (χ4v) is 3.28. The van der Waals surface area contributed by atoms with Crippen molar-refractivity contribution in [3.63, 3.8) is 0 Å². The van der Waals surface area contributed by atoms with Crippen molar-refractivity contribution in [1.29, 1.82) is 0 Å². The molecule has 0 atom stereocenters. The van der Waals surface area contributed by atoms with E-state index in [1.807, 2.05) is 12.1 Å². The van der Waals surface area contributed by atoms with Crippen LogP contribution in [0.15, 0.2) is 69.8 Å². The lowest BCUT2D eigenvalue weighted by atomic mass is 9.87. The summed E-state index contributed by atoms with van der Waals surface area (Å²) in [6.45, 7) is 9.56. The van der Waals surface area contributed by atoms with E-state index in [2.05, 4.69) is 30.8 Å². The number of carbonyl (C=O) groups excluding carboxylic acids is 2. The summed E-state index contributed by atoms with van der Waals surface area (Å²) in [6, 6.07) is 14.5. The highest BCUT2D eigenvalue weighted by atomic mass is 16.5. The molecule has 6 heteroatoms. The number of benzene rings is 2. The summed E-state index contributed by atoms with van der Waals surface area (Å²) >= 11 is 0. The van der Waals surface area contributed by atoms with Gasteiger partial charge in [-0.3, -0.25) is 4.79 Å². The lowest BCUT2D eigenvalue weighted by Crippen LogP contribution is -2.18. The topological polar surface area (TPSA) is 88.3 Å². The molecular formula is C25H26N2O4. The predicted octanol–water partition coefficient (Wildman–Crippen LogP) is 4.77. The number of amides is 1. The summed E-state index contributed by atoms with van der Waals surface area (Å²) in [5.41, 5.74) is 2.96. The van der Waals surface area contributed by atoms with Crippen LogP contribution in [-0.2, 0) is 14.9 Å². The Bertz CT molecular complexity index is 1110. The molecule has 1 heterocycles. The highest BCUT2D eigenvalue weighted by Gasteiger charge is 2.30. The van der Waals surface area contributed by atoms with Gasteiger partial charge in [0.15, 0.2) is 5.84 Å². The summed E-state index contributed by atoms with van der Waals surface area (Å²) < 4.78 is 5.07. The van der Waals surface area contributed by atoms with Crippen LogP contribution in [0, 0.1) is 0 Å². The smallest absolute Gasteiger partial charge is 0.343 e. The number of nitrogens with zero attached hydrogens (tertiary/aromatic N) is 2. The highest BCUT2D eigenvalue weighted by molar-refractivity contribution is 6.36. The Hall–Kier alpha value is -3.54. The number of aliphatic imine (C=N–C) groups is 2. The number of carbonyl (C=O) groups is 2. The van der Waals surface area contributed by atoms with E-state index in [1.54, 1.807) is 43.3 Å². The van der Waals surface area contributed by atoms with E-state index in [0.29, 0.717) is 16.7 Å². The Kier molecular flexibility index (Phi) is 6.20. The Morgan fingerprint density at radius 1 is 1.03 bits per heavy atom. The second kappa shape index (κ2) is 8.68. The molecule has 2 aromatic carbocycles. The molecule has 160 valence electrons. The van der Waals surface area contributed by atoms with Crippen LogP contribution in [-0.4, -0.2) is 35.1 Å². The molecule has 31 heavy (non-hydrogen) atoms. The molecule has 0 spiro atoms. The Morgan fingerprint density at radius 2 is 1.65 bits per heavy atom. The molecule has 0 saturated heterocycles. The standard InChI is InChI=1S/C25H26N2O4/c1-6-31-24(30)20(15(2)28)21-18-9-7-8-10-19(18)22(26-21)27-23(29)16-11-13-17(14-12-16)25(3,4)5/h7-14,28H,6H2,1-5H3/b20-15-,27-22?. The third-order valence-electron chi connectivity index (χ3n) is 4.92. The van der Waals surface area contributed by atoms with Gasteiger partial charge in [-0.05, 0) is 37.0 Å². The molecule has 1 amide bonds. The van der Waals surface area contributed by atoms with Crippen molar-refractivity contribution in [3.05, 3.63) is 82.1 Å². The molecule has 0 radical (unpaired) electrons. The number of esters is 1. The Labute approximate surface area is 182 Å². The van der Waals surface area contributed by atoms with Crippen molar-refractivity contribution in [2.75, 3.05) is 6.61 Å². The molecule has 1 aliphatic heterocycles. The monoisotopic (exact) mass is 418 g/mol. The van der Waals surface area contributed by atoms with E-state index in [0.717, 1.165) is 5.56 Å². The Balaban J connectivity index is 2.03. The van der Waals surface area contributed by atoms with Crippen LogP contribution in [0.1, 0.15) is 61.7 Å². The summed E-state index contributed by atoms with van der Waals surface area (Å²) in [5, 5.41) is 10.1. The lowest BCUT2D eigenvalue weighted by Gasteiger charge is -2.18. The largest absolute Gasteiger partial charge is 0.512 e. The van der Waals surface area contributed by atoms with Gasteiger partial charge >= 0.3 is 5.97 Å². The van der Waals surface area contributed by atoms with Crippen molar-refractivity contribution in [2.24, 2.45) is 9.98 Å². The summed E-state index contributed by atoms with van der Waals surface area (Å²) in [4.78, 5) is 33.9. The zero-order valence-corrected chi connectivity index (χ0v) is 18.4. The first-order chi connectivity index (χ1) is 14.6. The number of amidine groups is 1. The molecule has 1 aliphatic rings. The van der Waals surface area contributed by atoms with E-state index in [9.17, 15) is 14.7 Å². The second-order valence-corrected chi connectivity index (χ2v) is 8.25. The van der Waals surface area contributed by atoms with Gasteiger partial charge in [-0.15, -0.1) is 0 Å². The first-order valence-electron chi connectivity index (χ1n) is 10.1. The summed E-state index contributed by atoms with van der Waals surface area (Å²) in [5.74, 6) is -1.13. The normalized spacial score (nSPS) is 15.3. The van der Waals surface area contributed by atoms with Gasteiger partial charge in [0.25, 0.3) is 5.91 Å². The van der Waals surface area contributed by atoms with Crippen LogP contribution in [0.25, 0.3) is 0 Å². The van der Waals surface area contributed by atoms with Crippen LogP contribution in [0.3, 0.4) is 0 Å².